The molecule has 9 nitrogen and oxygen atoms in total. The van der Waals surface area contributed by atoms with Crippen molar-refractivity contribution in [2.75, 3.05) is 19.7 Å². The summed E-state index contributed by atoms with van der Waals surface area (Å²) >= 11 is 0. The summed E-state index contributed by atoms with van der Waals surface area (Å²) in [4.78, 5) is 44.8. The number of rotatable bonds is 8. The van der Waals surface area contributed by atoms with Crippen LogP contribution < -0.4 is 10.6 Å². The van der Waals surface area contributed by atoms with Gasteiger partial charge in [-0.1, -0.05) is 6.92 Å². The Morgan fingerprint density at radius 2 is 1.92 bits per heavy atom. The van der Waals surface area contributed by atoms with Crippen molar-refractivity contribution in [1.29, 1.82) is 0 Å². The zero-order chi connectivity index (χ0) is 18.1. The van der Waals surface area contributed by atoms with E-state index in [1.807, 2.05) is 6.92 Å². The number of benzene rings is 1. The van der Waals surface area contributed by atoms with Gasteiger partial charge >= 0.3 is 5.97 Å². The fraction of sp³-hybridized carbons (Fsp3) is 0.400. The summed E-state index contributed by atoms with van der Waals surface area (Å²) in [6.07, 6.45) is 0.784. The normalized spacial score (nSPS) is 9.92. The highest BCUT2D eigenvalue weighted by molar-refractivity contribution is 5.92. The van der Waals surface area contributed by atoms with Crippen molar-refractivity contribution in [3.8, 4) is 0 Å². The van der Waals surface area contributed by atoms with Crippen LogP contribution in [0.5, 0.6) is 0 Å². The van der Waals surface area contributed by atoms with Crippen molar-refractivity contribution in [3.05, 3.63) is 39.4 Å². The van der Waals surface area contributed by atoms with Gasteiger partial charge in [-0.05, 0) is 25.5 Å². The summed E-state index contributed by atoms with van der Waals surface area (Å²) in [5.74, 6) is -1.73. The number of carbonyl (C=O) groups excluding carboxylic acids is 3. The van der Waals surface area contributed by atoms with E-state index in [4.69, 9.17) is 4.74 Å². The SMILES string of the molecule is CCCNC(=O)CNC(=O)COC(=O)c1ccc([N+](=O)[O-])c(C)c1. The lowest BCUT2D eigenvalue weighted by Gasteiger charge is -2.07. The molecule has 0 aliphatic rings. The van der Waals surface area contributed by atoms with Crippen LogP contribution in [0.3, 0.4) is 0 Å². The highest BCUT2D eigenvalue weighted by Gasteiger charge is 2.15. The van der Waals surface area contributed by atoms with Gasteiger partial charge in [0.2, 0.25) is 5.91 Å². The predicted molar refractivity (Wildman–Crippen MR) is 84.4 cm³/mol. The van der Waals surface area contributed by atoms with E-state index >= 15 is 0 Å². The van der Waals surface area contributed by atoms with Gasteiger partial charge in [0.25, 0.3) is 11.6 Å². The molecule has 0 radical (unpaired) electrons. The van der Waals surface area contributed by atoms with Gasteiger partial charge in [0.1, 0.15) is 0 Å². The summed E-state index contributed by atoms with van der Waals surface area (Å²) in [5.41, 5.74) is 0.306. The van der Waals surface area contributed by atoms with Crippen LogP contribution in [0.2, 0.25) is 0 Å². The Balaban J connectivity index is 2.45. The Morgan fingerprint density at radius 3 is 2.50 bits per heavy atom. The van der Waals surface area contributed by atoms with Gasteiger partial charge < -0.3 is 15.4 Å². The molecule has 0 bridgehead atoms. The molecule has 0 aliphatic carbocycles. The van der Waals surface area contributed by atoms with E-state index in [0.717, 1.165) is 6.42 Å². The molecule has 0 spiro atoms. The number of amides is 2. The lowest BCUT2D eigenvalue weighted by Crippen LogP contribution is -2.38. The fourth-order valence-electron chi connectivity index (χ4n) is 1.76. The monoisotopic (exact) mass is 337 g/mol. The molecule has 9 heteroatoms. The van der Waals surface area contributed by atoms with Gasteiger partial charge in [-0.15, -0.1) is 0 Å². The van der Waals surface area contributed by atoms with Crippen LogP contribution in [0.4, 0.5) is 5.69 Å². The molecule has 0 heterocycles. The first kappa shape index (κ1) is 19.1. The fourth-order valence-corrected chi connectivity index (χ4v) is 1.76. The Morgan fingerprint density at radius 1 is 1.21 bits per heavy atom. The van der Waals surface area contributed by atoms with E-state index in [1.165, 1.54) is 25.1 Å². The molecule has 2 N–H and O–H groups in total. The lowest BCUT2D eigenvalue weighted by atomic mass is 10.1. The van der Waals surface area contributed by atoms with Crippen molar-refractivity contribution in [2.24, 2.45) is 0 Å². The number of hydrogen-bond acceptors (Lipinski definition) is 6. The average Bonchev–Trinajstić information content (AvgIpc) is 2.55. The number of hydrogen-bond donors (Lipinski definition) is 2. The minimum Gasteiger partial charge on any atom is -0.452 e. The molecule has 0 aromatic heterocycles. The topological polar surface area (TPSA) is 128 Å². The Kier molecular flexibility index (Phi) is 7.34. The molecule has 130 valence electrons. The number of nitrogens with zero attached hydrogens (tertiary/aromatic N) is 1. The number of nitro benzene ring substituents is 1. The highest BCUT2D eigenvalue weighted by atomic mass is 16.6. The number of aryl methyl sites for hydroxylation is 1. The molecule has 24 heavy (non-hydrogen) atoms. The Hall–Kier alpha value is -2.97. The van der Waals surface area contributed by atoms with Crippen molar-refractivity contribution in [3.63, 3.8) is 0 Å². The first-order chi connectivity index (χ1) is 11.3. The first-order valence-electron chi connectivity index (χ1n) is 7.30. The van der Waals surface area contributed by atoms with Crippen molar-refractivity contribution < 1.29 is 24.0 Å². The standard InChI is InChI=1S/C15H19N3O6/c1-3-6-16-13(19)8-17-14(20)9-24-15(21)11-4-5-12(18(22)23)10(2)7-11/h4-5,7H,3,6,8-9H2,1-2H3,(H,16,19)(H,17,20). The summed E-state index contributed by atoms with van der Waals surface area (Å²) in [7, 11) is 0. The van der Waals surface area contributed by atoms with Gasteiger partial charge in [-0.2, -0.15) is 0 Å². The van der Waals surface area contributed by atoms with Crippen molar-refractivity contribution >= 4 is 23.5 Å². The molecule has 1 rings (SSSR count). The molecule has 2 amide bonds. The molecule has 1 aromatic rings. The molecule has 1 aromatic carbocycles. The molecular weight excluding hydrogens is 318 g/mol. The second-order valence-electron chi connectivity index (χ2n) is 4.96. The maximum atomic E-state index is 11.8. The van der Waals surface area contributed by atoms with Crippen molar-refractivity contribution in [1.82, 2.24) is 10.6 Å². The zero-order valence-electron chi connectivity index (χ0n) is 13.5. The molecule has 0 atom stereocenters. The van der Waals surface area contributed by atoms with Crippen molar-refractivity contribution in [2.45, 2.75) is 20.3 Å². The molecule has 0 unspecified atom stereocenters. The summed E-state index contributed by atoms with van der Waals surface area (Å²) in [6.45, 7) is 3.17. The summed E-state index contributed by atoms with van der Waals surface area (Å²) in [5, 5.41) is 15.6. The van der Waals surface area contributed by atoms with Crippen LogP contribution >= 0.6 is 0 Å². The molecular formula is C15H19N3O6. The molecule has 0 saturated carbocycles. The van der Waals surface area contributed by atoms with Gasteiger partial charge in [0.15, 0.2) is 6.61 Å². The van der Waals surface area contributed by atoms with Crippen LogP contribution in [0.15, 0.2) is 18.2 Å². The summed E-state index contributed by atoms with van der Waals surface area (Å²) < 4.78 is 4.81. The number of esters is 1. The van der Waals surface area contributed by atoms with Crippen LogP contribution in [0, 0.1) is 17.0 Å². The van der Waals surface area contributed by atoms with E-state index in [9.17, 15) is 24.5 Å². The third-order valence-electron chi connectivity index (χ3n) is 2.98. The molecule has 0 saturated heterocycles. The second kappa shape index (κ2) is 9.23. The second-order valence-corrected chi connectivity index (χ2v) is 4.96. The number of carbonyl (C=O) groups is 3. The first-order valence-corrected chi connectivity index (χ1v) is 7.30. The van der Waals surface area contributed by atoms with Crippen LogP contribution in [-0.4, -0.2) is 42.4 Å². The van der Waals surface area contributed by atoms with E-state index in [1.54, 1.807) is 0 Å². The van der Waals surface area contributed by atoms with Gasteiger partial charge in [0.05, 0.1) is 17.0 Å². The van der Waals surface area contributed by atoms with Crippen LogP contribution in [0.25, 0.3) is 0 Å². The molecule has 0 fully saturated rings. The third kappa shape index (κ3) is 6.03. The maximum absolute atomic E-state index is 11.8. The number of ether oxygens (including phenoxy) is 1. The zero-order valence-corrected chi connectivity index (χ0v) is 13.5. The number of nitro groups is 1. The largest absolute Gasteiger partial charge is 0.452 e. The Labute approximate surface area is 138 Å². The van der Waals surface area contributed by atoms with Crippen LogP contribution in [0.1, 0.15) is 29.3 Å². The number of nitrogens with one attached hydrogen (secondary N) is 2. The minimum absolute atomic E-state index is 0.103. The van der Waals surface area contributed by atoms with Gasteiger partial charge in [-0.3, -0.25) is 19.7 Å². The highest BCUT2D eigenvalue weighted by Crippen LogP contribution is 2.19. The Bertz CT molecular complexity index is 644. The maximum Gasteiger partial charge on any atom is 0.338 e. The minimum atomic E-state index is -0.779. The summed E-state index contributed by atoms with van der Waals surface area (Å²) in [6, 6.07) is 3.77. The van der Waals surface area contributed by atoms with Gasteiger partial charge in [-0.25, -0.2) is 4.79 Å². The van der Waals surface area contributed by atoms with Crippen LogP contribution in [-0.2, 0) is 14.3 Å². The van der Waals surface area contributed by atoms with E-state index in [2.05, 4.69) is 10.6 Å². The van der Waals surface area contributed by atoms with E-state index in [0.29, 0.717) is 12.1 Å². The van der Waals surface area contributed by atoms with Gasteiger partial charge in [0, 0.05) is 18.2 Å². The van der Waals surface area contributed by atoms with E-state index in [-0.39, 0.29) is 23.7 Å². The molecule has 0 aliphatic heterocycles. The quantitative estimate of drug-likeness (QED) is 0.408. The predicted octanol–water partition coefficient (Wildman–Crippen LogP) is 0.702. The average molecular weight is 337 g/mol. The van der Waals surface area contributed by atoms with E-state index < -0.39 is 23.4 Å². The smallest absolute Gasteiger partial charge is 0.338 e. The third-order valence-corrected chi connectivity index (χ3v) is 2.98. The lowest BCUT2D eigenvalue weighted by molar-refractivity contribution is -0.385.